The number of ether oxygens (including phenoxy) is 1. The lowest BCUT2D eigenvalue weighted by Crippen LogP contribution is -2.28. The number of hydrogen-bond donors (Lipinski definition) is 2. The van der Waals surface area contributed by atoms with Crippen LogP contribution in [0.5, 0.6) is 5.88 Å². The Morgan fingerprint density at radius 2 is 1.81 bits per heavy atom. The van der Waals surface area contributed by atoms with Gasteiger partial charge in [-0.05, 0) is 31.5 Å². The fraction of sp³-hybridized carbons (Fsp3) is 0.667. The smallest absolute Gasteiger partial charge is 0.244 e. The molecule has 0 amide bonds. The highest BCUT2D eigenvalue weighted by Gasteiger charge is 2.18. The normalized spacial score (nSPS) is 10.9. The van der Waals surface area contributed by atoms with E-state index in [1.165, 1.54) is 0 Å². The second kappa shape index (κ2) is 8.56. The maximum absolute atomic E-state index is 7.80. The Morgan fingerprint density at radius 3 is 2.29 bits per heavy atom. The van der Waals surface area contributed by atoms with Crippen LogP contribution < -0.4 is 10.5 Å². The van der Waals surface area contributed by atoms with Crippen molar-refractivity contribution in [2.24, 2.45) is 5.73 Å². The molecule has 0 bridgehead atoms. The summed E-state index contributed by atoms with van der Waals surface area (Å²) in [7, 11) is 0. The summed E-state index contributed by atoms with van der Waals surface area (Å²) in [5.41, 5.74) is 8.18. The van der Waals surface area contributed by atoms with Gasteiger partial charge in [-0.2, -0.15) is 5.10 Å². The van der Waals surface area contributed by atoms with Gasteiger partial charge in [0.05, 0.1) is 11.3 Å². The van der Waals surface area contributed by atoms with Gasteiger partial charge in [-0.1, -0.05) is 27.7 Å². The number of rotatable bonds is 9. The van der Waals surface area contributed by atoms with Crippen LogP contribution in [0, 0.1) is 5.41 Å². The molecule has 0 radical (unpaired) electrons. The average Bonchev–Trinajstić information content (AvgIpc) is 2.50. The Morgan fingerprint density at radius 1 is 1.14 bits per heavy atom. The molecule has 21 heavy (non-hydrogen) atoms. The molecule has 0 aliphatic carbocycles. The Bertz CT molecular complexity index is 471. The predicted octanol–water partition coefficient (Wildman–Crippen LogP) is 1.61. The molecule has 3 N–H and O–H groups in total. The molecule has 0 saturated carbocycles. The Hall–Kier alpha value is -1.69. The van der Waals surface area contributed by atoms with E-state index >= 15 is 0 Å². The zero-order chi connectivity index (χ0) is 15.8. The van der Waals surface area contributed by atoms with Crippen LogP contribution in [0.25, 0.3) is 0 Å². The topological polar surface area (TPSA) is 88.1 Å². The summed E-state index contributed by atoms with van der Waals surface area (Å²) < 4.78 is 5.74. The molecule has 0 saturated heterocycles. The third kappa shape index (κ3) is 4.39. The van der Waals surface area contributed by atoms with Gasteiger partial charge in [0.15, 0.2) is 0 Å². The molecular weight excluding hydrogens is 266 g/mol. The van der Waals surface area contributed by atoms with E-state index in [-0.39, 0.29) is 5.84 Å². The summed E-state index contributed by atoms with van der Waals surface area (Å²) in [5, 5.41) is 16.1. The van der Waals surface area contributed by atoms with Crippen LogP contribution in [-0.4, -0.2) is 47.2 Å². The van der Waals surface area contributed by atoms with Gasteiger partial charge < -0.3 is 15.4 Å². The molecule has 0 spiro atoms. The van der Waals surface area contributed by atoms with Gasteiger partial charge in [0.1, 0.15) is 12.4 Å². The molecule has 0 aliphatic rings. The average molecular weight is 293 g/mol. The molecule has 0 unspecified atom stereocenters. The molecule has 1 aromatic rings. The van der Waals surface area contributed by atoms with Crippen molar-refractivity contribution in [3.05, 3.63) is 16.8 Å². The lowest BCUT2D eigenvalue weighted by atomic mass is 10.0. The van der Waals surface area contributed by atoms with Crippen LogP contribution in [0.2, 0.25) is 0 Å². The van der Waals surface area contributed by atoms with Crippen molar-refractivity contribution in [1.29, 1.82) is 5.41 Å². The number of nitrogen functional groups attached to an aromatic ring is 1. The van der Waals surface area contributed by atoms with E-state index in [1.807, 2.05) is 13.8 Å². The van der Waals surface area contributed by atoms with Crippen LogP contribution in [0.3, 0.4) is 0 Å². The molecule has 0 aromatic carbocycles. The van der Waals surface area contributed by atoms with Crippen molar-refractivity contribution in [3.8, 4) is 5.88 Å². The van der Waals surface area contributed by atoms with Gasteiger partial charge in [0.2, 0.25) is 5.88 Å². The summed E-state index contributed by atoms with van der Waals surface area (Å²) in [5.74, 6) is 0.373. The molecule has 1 heterocycles. The van der Waals surface area contributed by atoms with Crippen LogP contribution in [-0.2, 0) is 12.8 Å². The molecule has 0 atom stereocenters. The van der Waals surface area contributed by atoms with E-state index in [4.69, 9.17) is 15.9 Å². The van der Waals surface area contributed by atoms with Gasteiger partial charge in [-0.3, -0.25) is 5.41 Å². The number of nitrogens with one attached hydrogen (secondary N) is 1. The highest BCUT2D eigenvalue weighted by Crippen LogP contribution is 2.22. The van der Waals surface area contributed by atoms with Gasteiger partial charge in [0, 0.05) is 6.54 Å². The summed E-state index contributed by atoms with van der Waals surface area (Å²) >= 11 is 0. The van der Waals surface area contributed by atoms with E-state index in [2.05, 4.69) is 28.9 Å². The fourth-order valence-electron chi connectivity index (χ4n) is 2.34. The molecule has 118 valence electrons. The minimum absolute atomic E-state index is 0.00529. The molecule has 1 rings (SSSR count). The van der Waals surface area contributed by atoms with Crippen LogP contribution in [0.4, 0.5) is 0 Å². The monoisotopic (exact) mass is 293 g/mol. The van der Waals surface area contributed by atoms with Gasteiger partial charge in [0.25, 0.3) is 0 Å². The number of nitrogens with zero attached hydrogens (tertiary/aromatic N) is 3. The Balaban J connectivity index is 2.94. The number of aryl methyl sites for hydroxylation is 1. The SMILES string of the molecule is CCc1nnc(OCCN(CC)CC)c(C(=N)N)c1CC. The van der Waals surface area contributed by atoms with E-state index in [9.17, 15) is 0 Å². The van der Waals surface area contributed by atoms with E-state index in [1.54, 1.807) is 0 Å². The summed E-state index contributed by atoms with van der Waals surface area (Å²) in [4.78, 5) is 2.27. The van der Waals surface area contributed by atoms with Crippen LogP contribution in [0.1, 0.15) is 44.5 Å². The van der Waals surface area contributed by atoms with Gasteiger partial charge in [-0.15, -0.1) is 5.10 Å². The number of aromatic nitrogens is 2. The summed E-state index contributed by atoms with van der Waals surface area (Å²) in [6.45, 7) is 11.6. The minimum Gasteiger partial charge on any atom is -0.475 e. The molecule has 6 nitrogen and oxygen atoms in total. The fourth-order valence-corrected chi connectivity index (χ4v) is 2.34. The highest BCUT2D eigenvalue weighted by atomic mass is 16.5. The maximum Gasteiger partial charge on any atom is 0.244 e. The third-order valence-electron chi connectivity index (χ3n) is 3.62. The minimum atomic E-state index is -0.00529. The highest BCUT2D eigenvalue weighted by molar-refractivity contribution is 5.98. The molecule has 6 heteroatoms. The maximum atomic E-state index is 7.80. The first-order valence-electron chi connectivity index (χ1n) is 7.66. The van der Waals surface area contributed by atoms with Crippen LogP contribution in [0.15, 0.2) is 0 Å². The lowest BCUT2D eigenvalue weighted by molar-refractivity contribution is 0.216. The molecule has 0 fully saturated rings. The van der Waals surface area contributed by atoms with Crippen molar-refractivity contribution >= 4 is 5.84 Å². The Labute approximate surface area is 127 Å². The van der Waals surface area contributed by atoms with Crippen molar-refractivity contribution in [2.75, 3.05) is 26.2 Å². The van der Waals surface area contributed by atoms with E-state index < -0.39 is 0 Å². The second-order valence-electron chi connectivity index (χ2n) is 4.80. The van der Waals surface area contributed by atoms with Crippen molar-refractivity contribution in [3.63, 3.8) is 0 Å². The quantitative estimate of drug-likeness (QED) is 0.533. The number of nitrogens with two attached hydrogens (primary N) is 1. The number of hydrogen-bond acceptors (Lipinski definition) is 5. The first-order chi connectivity index (χ1) is 10.1. The summed E-state index contributed by atoms with van der Waals surface area (Å²) in [6.07, 6.45) is 1.54. The predicted molar refractivity (Wildman–Crippen MR) is 85.1 cm³/mol. The van der Waals surface area contributed by atoms with Crippen LogP contribution >= 0.6 is 0 Å². The molecule has 1 aromatic heterocycles. The van der Waals surface area contributed by atoms with E-state index in [0.29, 0.717) is 18.1 Å². The van der Waals surface area contributed by atoms with E-state index in [0.717, 1.165) is 43.7 Å². The first kappa shape index (κ1) is 17.4. The zero-order valence-electron chi connectivity index (χ0n) is 13.6. The van der Waals surface area contributed by atoms with Crippen molar-refractivity contribution in [2.45, 2.75) is 40.5 Å². The number of likely N-dealkylation sites (N-methyl/N-ethyl adjacent to an activating group) is 1. The third-order valence-corrected chi connectivity index (χ3v) is 3.62. The molecular formula is C15H27N5O. The Kier molecular flexibility index (Phi) is 7.08. The summed E-state index contributed by atoms with van der Waals surface area (Å²) in [6, 6.07) is 0. The van der Waals surface area contributed by atoms with Gasteiger partial charge >= 0.3 is 0 Å². The van der Waals surface area contributed by atoms with Crippen molar-refractivity contribution in [1.82, 2.24) is 15.1 Å². The first-order valence-corrected chi connectivity index (χ1v) is 7.66. The largest absolute Gasteiger partial charge is 0.475 e. The van der Waals surface area contributed by atoms with Crippen molar-refractivity contribution < 1.29 is 4.74 Å². The standard InChI is InChI=1S/C15H27N5O/c1-5-11-12(6-2)18-19-15(13(11)14(16)17)21-10-9-20(7-3)8-4/h5-10H2,1-4H3,(H3,16,17). The lowest BCUT2D eigenvalue weighted by Gasteiger charge is -2.19. The molecule has 0 aliphatic heterocycles. The second-order valence-corrected chi connectivity index (χ2v) is 4.80. The zero-order valence-corrected chi connectivity index (χ0v) is 13.6. The number of amidine groups is 1. The van der Waals surface area contributed by atoms with Gasteiger partial charge in [-0.25, -0.2) is 0 Å².